The molecule has 1 N–H and O–H groups in total. The van der Waals surface area contributed by atoms with Crippen LogP contribution in [0.15, 0.2) is 17.5 Å². The summed E-state index contributed by atoms with van der Waals surface area (Å²) >= 11 is 1.31. The maximum absolute atomic E-state index is 12.3. The van der Waals surface area contributed by atoms with Crippen molar-refractivity contribution in [2.75, 3.05) is 13.2 Å². The maximum Gasteiger partial charge on any atom is 0.349 e. The van der Waals surface area contributed by atoms with Crippen molar-refractivity contribution in [3.05, 3.63) is 22.4 Å². The summed E-state index contributed by atoms with van der Waals surface area (Å²) in [6, 6.07) is 3.49. The van der Waals surface area contributed by atoms with E-state index in [1.807, 2.05) is 19.2 Å². The SMILES string of the molecule is CC(C)C[C@H](OC(=O)c1cccs1)C(=O)NC[C@H]1CCCO1. The van der Waals surface area contributed by atoms with E-state index in [4.69, 9.17) is 9.47 Å². The minimum absolute atomic E-state index is 0.0802. The van der Waals surface area contributed by atoms with Gasteiger partial charge in [0.1, 0.15) is 4.88 Å². The van der Waals surface area contributed by atoms with Crippen molar-refractivity contribution >= 4 is 23.2 Å². The maximum atomic E-state index is 12.3. The number of thiophene rings is 1. The molecular formula is C16H23NO4S. The van der Waals surface area contributed by atoms with Gasteiger partial charge in [0.05, 0.1) is 6.10 Å². The predicted molar refractivity (Wildman–Crippen MR) is 85.0 cm³/mol. The second-order valence-electron chi connectivity index (χ2n) is 5.88. The molecule has 1 aliphatic heterocycles. The normalized spacial score (nSPS) is 19.1. The van der Waals surface area contributed by atoms with E-state index in [1.165, 1.54) is 11.3 Å². The standard InChI is InChI=1S/C16H23NO4S/c1-11(2)9-13(21-16(19)14-6-4-8-22-14)15(18)17-10-12-5-3-7-20-12/h4,6,8,11-13H,3,5,7,9-10H2,1-2H3,(H,17,18)/t12-,13+/m1/s1. The molecule has 1 fully saturated rings. The van der Waals surface area contributed by atoms with Crippen LogP contribution in [0.2, 0.25) is 0 Å². The largest absolute Gasteiger partial charge is 0.448 e. The summed E-state index contributed by atoms with van der Waals surface area (Å²) in [7, 11) is 0. The quantitative estimate of drug-likeness (QED) is 0.783. The third-order valence-corrected chi connectivity index (χ3v) is 4.33. The molecule has 1 saturated heterocycles. The average Bonchev–Trinajstić information content (AvgIpc) is 3.16. The Morgan fingerprint density at radius 3 is 2.91 bits per heavy atom. The molecule has 0 aromatic carbocycles. The molecule has 22 heavy (non-hydrogen) atoms. The second-order valence-corrected chi connectivity index (χ2v) is 6.83. The molecule has 5 nitrogen and oxygen atoms in total. The zero-order chi connectivity index (χ0) is 15.9. The Bertz CT molecular complexity index is 480. The van der Waals surface area contributed by atoms with Crippen LogP contribution in [0.1, 0.15) is 42.8 Å². The van der Waals surface area contributed by atoms with Gasteiger partial charge in [0.25, 0.3) is 5.91 Å². The first-order valence-corrected chi connectivity index (χ1v) is 8.58. The zero-order valence-corrected chi connectivity index (χ0v) is 13.9. The Kier molecular flexibility index (Phi) is 6.39. The van der Waals surface area contributed by atoms with Gasteiger partial charge in [0.2, 0.25) is 0 Å². The molecule has 2 heterocycles. The third-order valence-electron chi connectivity index (χ3n) is 3.48. The Hall–Kier alpha value is -1.40. The highest BCUT2D eigenvalue weighted by Crippen LogP contribution is 2.16. The lowest BCUT2D eigenvalue weighted by atomic mass is 10.1. The lowest BCUT2D eigenvalue weighted by Crippen LogP contribution is -2.41. The molecule has 122 valence electrons. The van der Waals surface area contributed by atoms with Crippen molar-refractivity contribution in [1.29, 1.82) is 0 Å². The number of ether oxygens (including phenoxy) is 2. The Morgan fingerprint density at radius 2 is 2.32 bits per heavy atom. The summed E-state index contributed by atoms with van der Waals surface area (Å²) in [6.45, 7) is 5.23. The third kappa shape index (κ3) is 5.10. The highest BCUT2D eigenvalue weighted by atomic mass is 32.1. The van der Waals surface area contributed by atoms with Gasteiger partial charge in [-0.15, -0.1) is 11.3 Å². The first-order chi connectivity index (χ1) is 10.6. The molecule has 1 aromatic heterocycles. The van der Waals surface area contributed by atoms with Crippen molar-refractivity contribution in [3.63, 3.8) is 0 Å². The number of hydrogen-bond acceptors (Lipinski definition) is 5. The molecule has 0 radical (unpaired) electrons. The summed E-state index contributed by atoms with van der Waals surface area (Å²) in [5, 5.41) is 4.65. The lowest BCUT2D eigenvalue weighted by Gasteiger charge is -2.20. The monoisotopic (exact) mass is 325 g/mol. The van der Waals surface area contributed by atoms with Crippen LogP contribution < -0.4 is 5.32 Å². The number of nitrogens with one attached hydrogen (secondary N) is 1. The molecule has 0 aliphatic carbocycles. The van der Waals surface area contributed by atoms with E-state index in [0.29, 0.717) is 17.8 Å². The summed E-state index contributed by atoms with van der Waals surface area (Å²) in [4.78, 5) is 24.9. The topological polar surface area (TPSA) is 64.6 Å². The van der Waals surface area contributed by atoms with E-state index in [2.05, 4.69) is 5.32 Å². The van der Waals surface area contributed by atoms with Crippen molar-refractivity contribution in [2.24, 2.45) is 5.92 Å². The molecule has 2 atom stereocenters. The van der Waals surface area contributed by atoms with Crippen LogP contribution in [0.25, 0.3) is 0 Å². The zero-order valence-electron chi connectivity index (χ0n) is 13.0. The van der Waals surface area contributed by atoms with Crippen LogP contribution in [0.4, 0.5) is 0 Å². The Labute approximate surface area is 135 Å². The number of carbonyl (C=O) groups is 2. The molecule has 2 rings (SSSR count). The molecule has 1 aliphatic rings. The van der Waals surface area contributed by atoms with Gasteiger partial charge in [-0.1, -0.05) is 19.9 Å². The van der Waals surface area contributed by atoms with Gasteiger partial charge in [0, 0.05) is 13.2 Å². The van der Waals surface area contributed by atoms with Gasteiger partial charge in [0.15, 0.2) is 6.10 Å². The highest BCUT2D eigenvalue weighted by molar-refractivity contribution is 7.11. The van der Waals surface area contributed by atoms with E-state index in [9.17, 15) is 9.59 Å². The first kappa shape index (κ1) is 17.0. The molecule has 1 aromatic rings. The van der Waals surface area contributed by atoms with Crippen molar-refractivity contribution in [2.45, 2.75) is 45.3 Å². The summed E-state index contributed by atoms with van der Waals surface area (Å²) in [6.07, 6.45) is 1.83. The second kappa shape index (κ2) is 8.29. The Balaban J connectivity index is 1.89. The van der Waals surface area contributed by atoms with E-state index in [-0.39, 0.29) is 17.9 Å². The van der Waals surface area contributed by atoms with E-state index in [1.54, 1.807) is 12.1 Å². The molecule has 0 spiro atoms. The number of amides is 1. The molecule has 0 bridgehead atoms. The summed E-state index contributed by atoms with van der Waals surface area (Å²) < 4.78 is 10.9. The van der Waals surface area contributed by atoms with Gasteiger partial charge in [-0.25, -0.2) is 4.79 Å². The molecule has 6 heteroatoms. The summed E-state index contributed by atoms with van der Waals surface area (Å²) in [5.74, 6) is -0.420. The fourth-order valence-corrected chi connectivity index (χ4v) is 2.96. The fourth-order valence-electron chi connectivity index (χ4n) is 2.35. The van der Waals surface area contributed by atoms with E-state index >= 15 is 0 Å². The van der Waals surface area contributed by atoms with Gasteiger partial charge in [-0.3, -0.25) is 4.79 Å². The van der Waals surface area contributed by atoms with Crippen LogP contribution in [0.3, 0.4) is 0 Å². The molecule has 1 amide bonds. The minimum Gasteiger partial charge on any atom is -0.448 e. The number of esters is 1. The van der Waals surface area contributed by atoms with Gasteiger partial charge < -0.3 is 14.8 Å². The lowest BCUT2D eigenvalue weighted by molar-refractivity contribution is -0.131. The smallest absolute Gasteiger partial charge is 0.349 e. The Morgan fingerprint density at radius 1 is 1.50 bits per heavy atom. The van der Waals surface area contributed by atoms with Crippen molar-refractivity contribution in [1.82, 2.24) is 5.32 Å². The number of rotatable bonds is 7. The van der Waals surface area contributed by atoms with Crippen LogP contribution in [-0.2, 0) is 14.3 Å². The van der Waals surface area contributed by atoms with Crippen molar-refractivity contribution in [3.8, 4) is 0 Å². The van der Waals surface area contributed by atoms with Gasteiger partial charge in [-0.05, 0) is 36.6 Å². The van der Waals surface area contributed by atoms with Crippen LogP contribution >= 0.6 is 11.3 Å². The molecule has 0 unspecified atom stereocenters. The van der Waals surface area contributed by atoms with Crippen LogP contribution in [-0.4, -0.2) is 37.2 Å². The fraction of sp³-hybridized carbons (Fsp3) is 0.625. The van der Waals surface area contributed by atoms with E-state index < -0.39 is 12.1 Å². The van der Waals surface area contributed by atoms with Crippen LogP contribution in [0.5, 0.6) is 0 Å². The first-order valence-electron chi connectivity index (χ1n) is 7.70. The van der Waals surface area contributed by atoms with Gasteiger partial charge >= 0.3 is 5.97 Å². The van der Waals surface area contributed by atoms with Crippen LogP contribution in [0, 0.1) is 5.92 Å². The summed E-state index contributed by atoms with van der Waals surface area (Å²) in [5.41, 5.74) is 0. The molecule has 0 saturated carbocycles. The highest BCUT2D eigenvalue weighted by Gasteiger charge is 2.26. The van der Waals surface area contributed by atoms with E-state index in [0.717, 1.165) is 19.4 Å². The average molecular weight is 325 g/mol. The minimum atomic E-state index is -0.754. The number of hydrogen-bond donors (Lipinski definition) is 1. The van der Waals surface area contributed by atoms with Crippen molar-refractivity contribution < 1.29 is 19.1 Å². The van der Waals surface area contributed by atoms with Gasteiger partial charge in [-0.2, -0.15) is 0 Å². The molecular weight excluding hydrogens is 302 g/mol. The number of carbonyl (C=O) groups excluding carboxylic acids is 2. The predicted octanol–water partition coefficient (Wildman–Crippen LogP) is 2.61.